The van der Waals surface area contributed by atoms with Crippen molar-refractivity contribution in [1.29, 1.82) is 0 Å². The topological polar surface area (TPSA) is 88.4 Å². The zero-order valence-corrected chi connectivity index (χ0v) is 18.8. The highest BCUT2D eigenvalue weighted by molar-refractivity contribution is 7.85. The molecule has 7 nitrogen and oxygen atoms in total. The van der Waals surface area contributed by atoms with Gasteiger partial charge in [-0.1, -0.05) is 23.8 Å². The van der Waals surface area contributed by atoms with E-state index < -0.39 is 10.1 Å². The van der Waals surface area contributed by atoms with Crippen molar-refractivity contribution in [2.24, 2.45) is 4.99 Å². The van der Waals surface area contributed by atoms with Gasteiger partial charge in [-0.25, -0.2) is 0 Å². The van der Waals surface area contributed by atoms with Gasteiger partial charge in [-0.3, -0.25) is 9.55 Å². The summed E-state index contributed by atoms with van der Waals surface area (Å²) in [4.78, 5) is 6.85. The Morgan fingerprint density at radius 1 is 1.07 bits per heavy atom. The first kappa shape index (κ1) is 23.7. The minimum Gasteiger partial charge on any atom is -0.493 e. The standard InChI is InChI=1S/C15H22N2O2.C7H8O3S/c1-17-10-4-5-15(17)16-9-8-12-6-7-13(18-2)14(11-12)19-3;1-6-2-4-7(5-3-6)11(8,9)10/h6-7,11H,4-5,8-10H2,1-3H3;2-5H,1H3,(H,8,9,10). The molecule has 1 heterocycles. The number of aliphatic imine (C=N–C) groups is 1. The summed E-state index contributed by atoms with van der Waals surface area (Å²) >= 11 is 0. The number of rotatable bonds is 6. The number of benzene rings is 2. The molecule has 0 aliphatic carbocycles. The van der Waals surface area contributed by atoms with E-state index >= 15 is 0 Å². The number of hydrogen-bond donors (Lipinski definition) is 1. The van der Waals surface area contributed by atoms with Gasteiger partial charge in [-0.15, -0.1) is 0 Å². The fourth-order valence-electron chi connectivity index (χ4n) is 3.05. The van der Waals surface area contributed by atoms with Gasteiger partial charge >= 0.3 is 0 Å². The van der Waals surface area contributed by atoms with Crippen LogP contribution in [0.2, 0.25) is 0 Å². The largest absolute Gasteiger partial charge is 0.493 e. The number of nitrogens with zero attached hydrogens (tertiary/aromatic N) is 2. The van der Waals surface area contributed by atoms with Crippen LogP contribution in [0.25, 0.3) is 0 Å². The van der Waals surface area contributed by atoms with Crippen molar-refractivity contribution < 1.29 is 22.4 Å². The molecule has 1 aliphatic rings. The van der Waals surface area contributed by atoms with Gasteiger partial charge in [0.15, 0.2) is 11.5 Å². The van der Waals surface area contributed by atoms with E-state index in [9.17, 15) is 8.42 Å². The Labute approximate surface area is 179 Å². The van der Waals surface area contributed by atoms with Gasteiger partial charge < -0.3 is 14.4 Å². The minimum absolute atomic E-state index is 0.0666. The third-order valence-corrected chi connectivity index (χ3v) is 5.66. The monoisotopic (exact) mass is 434 g/mol. The van der Waals surface area contributed by atoms with Crippen molar-refractivity contribution >= 4 is 16.0 Å². The molecule has 1 N–H and O–H groups in total. The Bertz CT molecular complexity index is 956. The summed E-state index contributed by atoms with van der Waals surface area (Å²) in [6.45, 7) is 3.80. The summed E-state index contributed by atoms with van der Waals surface area (Å²) < 4.78 is 40.1. The Hall–Kier alpha value is -2.58. The van der Waals surface area contributed by atoms with Gasteiger partial charge in [0.2, 0.25) is 0 Å². The molecule has 0 radical (unpaired) electrons. The summed E-state index contributed by atoms with van der Waals surface area (Å²) in [5.41, 5.74) is 2.18. The molecule has 0 aromatic heterocycles. The summed E-state index contributed by atoms with van der Waals surface area (Å²) in [6, 6.07) is 12.0. The summed E-state index contributed by atoms with van der Waals surface area (Å²) in [7, 11) is 1.41. The Kier molecular flexibility index (Phi) is 8.68. The first-order valence-corrected chi connectivity index (χ1v) is 11.2. The molecule has 1 aliphatic heterocycles. The van der Waals surface area contributed by atoms with E-state index in [2.05, 4.69) is 23.0 Å². The van der Waals surface area contributed by atoms with Crippen LogP contribution < -0.4 is 9.47 Å². The highest BCUT2D eigenvalue weighted by Crippen LogP contribution is 2.27. The number of ether oxygens (including phenoxy) is 2. The molecule has 0 amide bonds. The fourth-order valence-corrected chi connectivity index (χ4v) is 3.53. The van der Waals surface area contributed by atoms with Crippen LogP contribution in [-0.2, 0) is 16.5 Å². The number of methoxy groups -OCH3 is 2. The lowest BCUT2D eigenvalue weighted by Gasteiger charge is -2.11. The molecular formula is C22H30N2O5S. The molecule has 0 unspecified atom stereocenters. The molecular weight excluding hydrogens is 404 g/mol. The summed E-state index contributed by atoms with van der Waals surface area (Å²) in [5.74, 6) is 2.79. The van der Waals surface area contributed by atoms with E-state index in [1.54, 1.807) is 26.4 Å². The maximum absolute atomic E-state index is 10.5. The zero-order valence-electron chi connectivity index (χ0n) is 18.0. The van der Waals surface area contributed by atoms with E-state index in [-0.39, 0.29) is 4.90 Å². The molecule has 8 heteroatoms. The Balaban J connectivity index is 0.000000248. The van der Waals surface area contributed by atoms with Crippen molar-refractivity contribution in [2.75, 3.05) is 34.4 Å². The van der Waals surface area contributed by atoms with E-state index in [4.69, 9.17) is 14.0 Å². The first-order valence-electron chi connectivity index (χ1n) is 9.74. The zero-order chi connectivity index (χ0) is 22.1. The lowest BCUT2D eigenvalue weighted by Crippen LogP contribution is -2.19. The van der Waals surface area contributed by atoms with E-state index in [1.807, 2.05) is 19.1 Å². The van der Waals surface area contributed by atoms with Gasteiger partial charge in [-0.05, 0) is 49.6 Å². The van der Waals surface area contributed by atoms with Crippen LogP contribution in [-0.4, -0.2) is 58.1 Å². The maximum atomic E-state index is 10.5. The van der Waals surface area contributed by atoms with Crippen molar-refractivity contribution in [1.82, 2.24) is 4.90 Å². The predicted molar refractivity (Wildman–Crippen MR) is 118 cm³/mol. The molecule has 2 aromatic rings. The van der Waals surface area contributed by atoms with Crippen molar-refractivity contribution in [2.45, 2.75) is 31.1 Å². The number of amidine groups is 1. The van der Waals surface area contributed by atoms with E-state index in [1.165, 1.54) is 30.0 Å². The Morgan fingerprint density at radius 3 is 2.27 bits per heavy atom. The van der Waals surface area contributed by atoms with Crippen LogP contribution >= 0.6 is 0 Å². The summed E-state index contributed by atoms with van der Waals surface area (Å²) in [5, 5.41) is 0. The second-order valence-electron chi connectivity index (χ2n) is 7.05. The average Bonchev–Trinajstić information content (AvgIpc) is 3.12. The molecule has 0 spiro atoms. The Morgan fingerprint density at radius 2 is 1.73 bits per heavy atom. The maximum Gasteiger partial charge on any atom is 0.294 e. The lowest BCUT2D eigenvalue weighted by atomic mass is 10.1. The molecule has 1 saturated heterocycles. The molecule has 30 heavy (non-hydrogen) atoms. The third kappa shape index (κ3) is 7.03. The van der Waals surface area contributed by atoms with Crippen LogP contribution in [0.15, 0.2) is 52.4 Å². The second-order valence-corrected chi connectivity index (χ2v) is 8.47. The van der Waals surface area contributed by atoms with Crippen LogP contribution in [0.1, 0.15) is 24.0 Å². The molecule has 164 valence electrons. The van der Waals surface area contributed by atoms with Crippen LogP contribution in [0.3, 0.4) is 0 Å². The predicted octanol–water partition coefficient (Wildman–Crippen LogP) is 3.61. The van der Waals surface area contributed by atoms with Crippen LogP contribution in [0, 0.1) is 6.92 Å². The smallest absolute Gasteiger partial charge is 0.294 e. The molecule has 2 aromatic carbocycles. The highest BCUT2D eigenvalue weighted by atomic mass is 32.2. The second kappa shape index (κ2) is 11.0. The van der Waals surface area contributed by atoms with E-state index in [0.29, 0.717) is 0 Å². The summed E-state index contributed by atoms with van der Waals surface area (Å²) in [6.07, 6.45) is 3.27. The van der Waals surface area contributed by atoms with Gasteiger partial charge in [0.05, 0.1) is 25.0 Å². The van der Waals surface area contributed by atoms with Crippen molar-refractivity contribution in [3.05, 3.63) is 53.6 Å². The average molecular weight is 435 g/mol. The van der Waals surface area contributed by atoms with Crippen LogP contribution in [0.5, 0.6) is 11.5 Å². The molecule has 0 saturated carbocycles. The normalized spacial score (nSPS) is 15.0. The van der Waals surface area contributed by atoms with Crippen molar-refractivity contribution in [3.8, 4) is 11.5 Å². The van der Waals surface area contributed by atoms with Crippen LogP contribution in [0.4, 0.5) is 0 Å². The lowest BCUT2D eigenvalue weighted by molar-refractivity contribution is 0.354. The highest BCUT2D eigenvalue weighted by Gasteiger charge is 2.13. The molecule has 0 atom stereocenters. The molecule has 0 bridgehead atoms. The first-order chi connectivity index (χ1) is 14.2. The van der Waals surface area contributed by atoms with Gasteiger partial charge in [0, 0.05) is 26.6 Å². The SMILES string of the molecule is COc1ccc(CCN=C2CCCN2C)cc1OC.Cc1ccc(S(=O)(=O)O)cc1. The number of aryl methyl sites for hydroxylation is 1. The molecule has 3 rings (SSSR count). The molecule has 1 fully saturated rings. The van der Waals surface area contributed by atoms with Gasteiger partial charge in [-0.2, -0.15) is 8.42 Å². The third-order valence-electron chi connectivity index (χ3n) is 4.80. The van der Waals surface area contributed by atoms with Gasteiger partial charge in [0.1, 0.15) is 0 Å². The minimum atomic E-state index is -4.02. The number of likely N-dealkylation sites (tertiary alicyclic amines) is 1. The quantitative estimate of drug-likeness (QED) is 0.699. The van der Waals surface area contributed by atoms with Crippen molar-refractivity contribution in [3.63, 3.8) is 0 Å². The fraction of sp³-hybridized carbons (Fsp3) is 0.409. The van der Waals surface area contributed by atoms with Gasteiger partial charge in [0.25, 0.3) is 10.1 Å². The number of hydrogen-bond acceptors (Lipinski definition) is 5. The van der Waals surface area contributed by atoms with E-state index in [0.717, 1.165) is 43.0 Å².